The highest BCUT2D eigenvalue weighted by molar-refractivity contribution is 6.08. The van der Waals surface area contributed by atoms with Crippen molar-refractivity contribution >= 4 is 43.1 Å². The predicted molar refractivity (Wildman–Crippen MR) is 103 cm³/mol. The minimum absolute atomic E-state index is 1.30. The van der Waals surface area contributed by atoms with Gasteiger partial charge < -0.3 is 0 Å². The summed E-state index contributed by atoms with van der Waals surface area (Å²) in [5, 5.41) is 16.9. The van der Waals surface area contributed by atoms with Crippen LogP contribution in [-0.4, -0.2) is 0 Å². The first-order valence-electron chi connectivity index (χ1n) is 7.88. The second-order valence-corrected chi connectivity index (χ2v) is 5.95. The summed E-state index contributed by atoms with van der Waals surface area (Å²) in [6, 6.07) is 30.9. The summed E-state index contributed by atoms with van der Waals surface area (Å²) in [5.41, 5.74) is 0. The van der Waals surface area contributed by atoms with Crippen LogP contribution in [0.15, 0.2) is 84.9 Å². The van der Waals surface area contributed by atoms with Crippen LogP contribution >= 0.6 is 0 Å². The number of nitrogens with zero attached hydrogens (tertiary/aromatic N) is 1. The first-order chi connectivity index (χ1) is 11.9. The first-order valence-corrected chi connectivity index (χ1v) is 7.88. The largest absolute Gasteiger partial charge is 0.202 e. The average molecular weight is 305 g/mol. The second kappa shape index (κ2) is 5.68. The molecule has 112 valence electrons. The highest BCUT2D eigenvalue weighted by atomic mass is 14.2. The van der Waals surface area contributed by atoms with Crippen LogP contribution in [0.4, 0.5) is 0 Å². The Balaban J connectivity index is 0.000000704. The summed E-state index contributed by atoms with van der Waals surface area (Å²) in [6.07, 6.45) is 0. The molecule has 0 heterocycles. The molecule has 0 aliphatic heterocycles. The number of hydrogen-bond donors (Lipinski definition) is 0. The van der Waals surface area contributed by atoms with Gasteiger partial charge in [-0.2, -0.15) is 0 Å². The van der Waals surface area contributed by atoms with Crippen LogP contribution in [0.5, 0.6) is 0 Å². The van der Waals surface area contributed by atoms with Gasteiger partial charge in [0, 0.05) is 6.57 Å². The zero-order valence-electron chi connectivity index (χ0n) is 13.1. The van der Waals surface area contributed by atoms with E-state index >= 15 is 0 Å². The van der Waals surface area contributed by atoms with Gasteiger partial charge in [-0.25, -0.2) is 5.26 Å². The zero-order valence-corrected chi connectivity index (χ0v) is 13.1. The number of fused-ring (bicyclic) bond motifs is 4. The van der Waals surface area contributed by atoms with Crippen molar-refractivity contribution in [1.29, 1.82) is 5.26 Å². The maximum Gasteiger partial charge on any atom is 0.0462 e. The van der Waals surface area contributed by atoms with E-state index in [1.165, 1.54) is 43.1 Å². The van der Waals surface area contributed by atoms with Gasteiger partial charge >= 0.3 is 0 Å². The van der Waals surface area contributed by atoms with Gasteiger partial charge in [-0.1, -0.05) is 48.5 Å². The smallest absolute Gasteiger partial charge is 0.0462 e. The lowest BCUT2D eigenvalue weighted by molar-refractivity contribution is 1.58. The number of benzene rings is 5. The topological polar surface area (TPSA) is 23.8 Å². The molecule has 0 bridgehead atoms. The van der Waals surface area contributed by atoms with Crippen LogP contribution in [0.2, 0.25) is 0 Å². The van der Waals surface area contributed by atoms with Crippen molar-refractivity contribution in [1.82, 2.24) is 0 Å². The van der Waals surface area contributed by atoms with Crippen molar-refractivity contribution in [3.63, 3.8) is 0 Å². The van der Waals surface area contributed by atoms with Crippen LogP contribution in [0, 0.1) is 11.8 Å². The molecule has 5 rings (SSSR count). The zero-order chi connectivity index (χ0) is 16.5. The molecule has 0 saturated carbocycles. The Labute approximate surface area is 140 Å². The van der Waals surface area contributed by atoms with Crippen molar-refractivity contribution in [2.45, 2.75) is 0 Å². The molecular weight excluding hydrogens is 290 g/mol. The number of hydrogen-bond acceptors (Lipinski definition) is 1. The predicted octanol–water partition coefficient (Wildman–Crippen LogP) is 6.44. The molecule has 1 heteroatoms. The fourth-order valence-electron chi connectivity index (χ4n) is 3.39. The van der Waals surface area contributed by atoms with E-state index in [1.807, 2.05) is 0 Å². The molecule has 5 aromatic rings. The van der Waals surface area contributed by atoms with Crippen molar-refractivity contribution in [2.24, 2.45) is 0 Å². The molecule has 5 aromatic carbocycles. The fourth-order valence-corrected chi connectivity index (χ4v) is 3.39. The SMILES string of the molecule is C#N.c1ccc2cc3cc4cc5ccccc5cc4cc3cc2c1. The standard InChI is InChI=1S/C22H14.CHN/c1-2-6-16-10-20-14-22-12-18-8-4-3-7-17(18)11-21(22)13-19(20)9-15(16)5-1;1-2/h1-14H;1H. The molecule has 0 saturated heterocycles. The van der Waals surface area contributed by atoms with Gasteiger partial charge in [-0.15, -0.1) is 0 Å². The molecule has 0 spiro atoms. The van der Waals surface area contributed by atoms with Crippen LogP contribution in [0.3, 0.4) is 0 Å². The lowest BCUT2D eigenvalue weighted by Gasteiger charge is -2.07. The minimum Gasteiger partial charge on any atom is -0.202 e. The normalized spacial score (nSPS) is 10.8. The Hall–Kier alpha value is -3.37. The third kappa shape index (κ3) is 2.26. The lowest BCUT2D eigenvalue weighted by atomic mass is 9.97. The van der Waals surface area contributed by atoms with E-state index in [1.54, 1.807) is 0 Å². The Morgan fingerprint density at radius 2 is 0.583 bits per heavy atom. The van der Waals surface area contributed by atoms with E-state index < -0.39 is 0 Å². The summed E-state index contributed by atoms with van der Waals surface area (Å²) < 4.78 is 0. The Morgan fingerprint density at radius 3 is 0.833 bits per heavy atom. The molecule has 24 heavy (non-hydrogen) atoms. The Morgan fingerprint density at radius 1 is 0.375 bits per heavy atom. The van der Waals surface area contributed by atoms with Gasteiger partial charge in [0.25, 0.3) is 0 Å². The summed E-state index contributed by atoms with van der Waals surface area (Å²) in [7, 11) is 0. The quantitative estimate of drug-likeness (QED) is 0.302. The van der Waals surface area contributed by atoms with Gasteiger partial charge in [0.05, 0.1) is 0 Å². The van der Waals surface area contributed by atoms with E-state index in [2.05, 4.69) is 91.5 Å². The molecular formula is C23H15N. The monoisotopic (exact) mass is 305 g/mol. The van der Waals surface area contributed by atoms with Crippen molar-refractivity contribution in [3.8, 4) is 6.57 Å². The Kier molecular flexibility index (Phi) is 3.37. The Bertz CT molecular complexity index is 1030. The highest BCUT2D eigenvalue weighted by Gasteiger charge is 2.02. The molecule has 0 amide bonds. The first kappa shape index (κ1) is 14.2. The van der Waals surface area contributed by atoms with E-state index in [9.17, 15) is 0 Å². The molecule has 0 atom stereocenters. The van der Waals surface area contributed by atoms with Crippen LogP contribution in [0.25, 0.3) is 43.1 Å². The summed E-state index contributed by atoms with van der Waals surface area (Å²) >= 11 is 0. The van der Waals surface area contributed by atoms with E-state index in [0.29, 0.717) is 0 Å². The maximum absolute atomic E-state index is 6.50. The highest BCUT2D eigenvalue weighted by Crippen LogP contribution is 2.29. The molecule has 0 fully saturated rings. The van der Waals surface area contributed by atoms with Gasteiger partial charge in [0.2, 0.25) is 0 Å². The molecule has 0 aromatic heterocycles. The summed E-state index contributed by atoms with van der Waals surface area (Å²) in [5.74, 6) is 0. The van der Waals surface area contributed by atoms with Crippen LogP contribution < -0.4 is 0 Å². The third-order valence-electron chi connectivity index (χ3n) is 4.52. The van der Waals surface area contributed by atoms with Gasteiger partial charge in [0.15, 0.2) is 0 Å². The lowest BCUT2D eigenvalue weighted by Crippen LogP contribution is -1.80. The molecule has 0 radical (unpaired) electrons. The van der Waals surface area contributed by atoms with E-state index in [0.717, 1.165) is 0 Å². The fraction of sp³-hybridized carbons (Fsp3) is 0. The van der Waals surface area contributed by atoms with Crippen molar-refractivity contribution < 1.29 is 0 Å². The molecule has 1 nitrogen and oxygen atoms in total. The van der Waals surface area contributed by atoms with Gasteiger partial charge in [-0.05, 0) is 79.5 Å². The molecule has 0 aliphatic rings. The number of rotatable bonds is 0. The summed E-state index contributed by atoms with van der Waals surface area (Å²) in [4.78, 5) is 0. The van der Waals surface area contributed by atoms with E-state index in [4.69, 9.17) is 5.26 Å². The van der Waals surface area contributed by atoms with Crippen molar-refractivity contribution in [2.75, 3.05) is 0 Å². The molecule has 0 unspecified atom stereocenters. The molecule has 0 N–H and O–H groups in total. The van der Waals surface area contributed by atoms with Gasteiger partial charge in [0.1, 0.15) is 0 Å². The number of nitriles is 1. The van der Waals surface area contributed by atoms with E-state index in [-0.39, 0.29) is 0 Å². The van der Waals surface area contributed by atoms with Crippen LogP contribution in [-0.2, 0) is 0 Å². The van der Waals surface area contributed by atoms with Crippen molar-refractivity contribution in [3.05, 3.63) is 84.9 Å². The van der Waals surface area contributed by atoms with Crippen LogP contribution in [0.1, 0.15) is 0 Å². The maximum atomic E-state index is 6.50. The average Bonchev–Trinajstić information content (AvgIpc) is 2.64. The molecule has 0 aliphatic carbocycles. The summed E-state index contributed by atoms with van der Waals surface area (Å²) in [6.45, 7) is 3.50. The second-order valence-electron chi connectivity index (χ2n) is 5.95. The minimum atomic E-state index is 1.30. The third-order valence-corrected chi connectivity index (χ3v) is 4.52. The van der Waals surface area contributed by atoms with Gasteiger partial charge in [-0.3, -0.25) is 0 Å².